The summed E-state index contributed by atoms with van der Waals surface area (Å²) in [5.74, 6) is 0. The van der Waals surface area contributed by atoms with E-state index in [-0.39, 0.29) is 103 Å². The Hall–Kier alpha value is -3.04. The number of aliphatic hydroxyl groups is 16. The van der Waals surface area contributed by atoms with E-state index in [1.807, 2.05) is 27.7 Å². The van der Waals surface area contributed by atoms with Crippen molar-refractivity contribution in [2.24, 2.45) is 34.4 Å². The lowest BCUT2D eigenvalue weighted by Gasteiger charge is -2.45. The van der Waals surface area contributed by atoms with Gasteiger partial charge in [0, 0.05) is 19.6 Å². The van der Waals surface area contributed by atoms with Gasteiger partial charge in [-0.3, -0.25) is 9.59 Å². The van der Waals surface area contributed by atoms with Crippen LogP contribution in [0.3, 0.4) is 0 Å². The zero-order chi connectivity index (χ0) is 104. The van der Waals surface area contributed by atoms with Gasteiger partial charge in [0.25, 0.3) is 0 Å². The number of rotatable bonds is 76. The fourth-order valence-corrected chi connectivity index (χ4v) is 14.1. The Morgan fingerprint density at radius 3 is 1.20 bits per heavy atom. The van der Waals surface area contributed by atoms with Gasteiger partial charge in [-0.2, -0.15) is 0 Å². The molecule has 0 bridgehead atoms. The van der Waals surface area contributed by atoms with Gasteiger partial charge in [-0.05, 0) is 180 Å². The van der Waals surface area contributed by atoms with E-state index in [4.69, 9.17) is 125 Å². The Morgan fingerprint density at radius 1 is 0.336 bits per heavy atom. The Kier molecular flexibility index (Phi) is 82.2. The predicted molar refractivity (Wildman–Crippen MR) is 515 cm³/mol. The van der Waals surface area contributed by atoms with Crippen LogP contribution in [0.15, 0.2) is 0 Å². The summed E-state index contributed by atoms with van der Waals surface area (Å²) in [5.41, 5.74) is 34.0. The molecule has 0 amide bonds. The summed E-state index contributed by atoms with van der Waals surface area (Å²) in [5, 5.41) is 171. The number of nitrogens with two attached hydrogens (primary N) is 6. The van der Waals surface area contributed by atoms with Crippen molar-refractivity contribution in [2.75, 3.05) is 118 Å². The molecule has 836 valence electrons. The first kappa shape index (κ1) is 139. The molecule has 0 spiro atoms. The van der Waals surface area contributed by atoms with Gasteiger partial charge >= 0.3 is 0 Å². The Labute approximate surface area is 829 Å². The third-order valence-corrected chi connectivity index (χ3v) is 22.0. The first-order valence-electron chi connectivity index (χ1n) is 49.2. The highest BCUT2D eigenvalue weighted by Crippen LogP contribution is 2.31. The molecule has 0 aliphatic carbocycles. The Morgan fingerprint density at radius 2 is 0.736 bits per heavy atom. The molecule has 47 nitrogen and oxygen atoms in total. The van der Waals surface area contributed by atoms with E-state index in [2.05, 4.69) is 16.0 Å². The number of ether oxygens (including phenoxy) is 18. The van der Waals surface area contributed by atoms with Gasteiger partial charge in [0.05, 0.1) is 114 Å². The van der Waals surface area contributed by atoms with E-state index >= 15 is 0 Å². The summed E-state index contributed by atoms with van der Waals surface area (Å²) in [6.07, 6.45) is -17.3. The molecule has 4 aliphatic rings. The lowest BCUT2D eigenvalue weighted by Crippen LogP contribution is -2.67. The largest absolute Gasteiger partial charge is 0.394 e. The molecule has 0 aromatic carbocycles. The highest BCUT2D eigenvalue weighted by molar-refractivity contribution is 5.58. The molecule has 4 heterocycles. The number of carbonyl (C=O) groups excluding carboxylic acids is 4. The van der Waals surface area contributed by atoms with Gasteiger partial charge in [0.1, 0.15) is 122 Å². The van der Waals surface area contributed by atoms with Crippen molar-refractivity contribution >= 4 is 25.1 Å². The van der Waals surface area contributed by atoms with Crippen LogP contribution in [-0.2, 0) is 104 Å². The van der Waals surface area contributed by atoms with Crippen LogP contribution in [0.2, 0.25) is 0 Å². The SMILES string of the molecule is C.C.CC(C)OC[C@@H](O[C@@H](C=O)OC[C@@H](O[C@H](C=O)OC(C)C)[C@@H](O)C=O)[C@@H](O)C=O.CC(C)OC[C@@H](O[C@@H](CNCCCCCCN)OC[C@@H](O[C@H](CNCCCCCCN)OC(C)C)[C@@H](O)CCCCCCCCN)[C@@H](O)CNCCCCCCN.CC(C)OC[C@H]1O[C@H](OC[C@H]2O[C@@H](OC(C)C)[C@H](O)[C@@H](O)[C@@H]2O)[C@H](O)[C@@H](O)[C@@H]1O.N[C@@H]1[C@@H](O)[C@H](O[C@@H]2O[C@H](CO)[C@@H](O)[C@H](O)[C@H]2N)[C@@H](CO)O[C@H]1O. The molecular formula is C93H191N9O38. The first-order valence-corrected chi connectivity index (χ1v) is 49.2. The van der Waals surface area contributed by atoms with Gasteiger partial charge < -0.3 is 227 Å². The molecule has 47 heteroatoms. The van der Waals surface area contributed by atoms with Crippen LogP contribution in [0.4, 0.5) is 0 Å². The lowest BCUT2D eigenvalue weighted by atomic mass is 9.95. The van der Waals surface area contributed by atoms with Crippen molar-refractivity contribution in [2.45, 2.75) is 453 Å². The highest BCUT2D eigenvalue weighted by Gasteiger charge is 2.51. The van der Waals surface area contributed by atoms with Gasteiger partial charge in [-0.1, -0.05) is 85.5 Å². The summed E-state index contributed by atoms with van der Waals surface area (Å²) >= 11 is 0. The summed E-state index contributed by atoms with van der Waals surface area (Å²) in [6.45, 7) is 26.3. The maximum Gasteiger partial charge on any atom is 0.215 e. The molecule has 0 saturated carbocycles. The smallest absolute Gasteiger partial charge is 0.215 e. The van der Waals surface area contributed by atoms with Crippen LogP contribution in [-0.4, -0.2) is 458 Å². The average molecular weight is 2040 g/mol. The second kappa shape index (κ2) is 82.8. The van der Waals surface area contributed by atoms with E-state index in [9.17, 15) is 95.8 Å². The molecule has 4 rings (SSSR count). The van der Waals surface area contributed by atoms with Crippen molar-refractivity contribution in [3.8, 4) is 0 Å². The Balaban J connectivity index is 0. The molecule has 0 radical (unpaired) electrons. The zero-order valence-electron chi connectivity index (χ0n) is 83.5. The number of unbranched alkanes of at least 4 members (excludes halogenated alkanes) is 14. The van der Waals surface area contributed by atoms with Crippen LogP contribution in [0.25, 0.3) is 0 Å². The predicted octanol–water partition coefficient (Wildman–Crippen LogP) is -3.92. The molecule has 4 aliphatic heterocycles. The second-order valence-corrected chi connectivity index (χ2v) is 36.3. The third kappa shape index (κ3) is 58.8. The fraction of sp³-hybridized carbons (Fsp3) is 0.957. The topological polar surface area (TPSA) is 750 Å². The molecule has 0 unspecified atom stereocenters. The molecule has 140 heavy (non-hydrogen) atoms. The van der Waals surface area contributed by atoms with Gasteiger partial charge in [0.15, 0.2) is 62.9 Å². The quantitative estimate of drug-likeness (QED) is 0.0157. The molecular weight excluding hydrogens is 1850 g/mol. The average Bonchev–Trinajstić information content (AvgIpc) is 0.791. The number of carbonyl (C=O) groups is 4. The minimum Gasteiger partial charge on any atom is -0.394 e. The lowest BCUT2D eigenvalue weighted by molar-refractivity contribution is -0.335. The number of aliphatic hydroxyl groups excluding tert-OH is 16. The van der Waals surface area contributed by atoms with Crippen LogP contribution in [0.1, 0.15) is 220 Å². The minimum atomic E-state index is -1.68. The number of aldehydes is 4. The summed E-state index contributed by atoms with van der Waals surface area (Å²) in [7, 11) is 0. The van der Waals surface area contributed by atoms with Crippen LogP contribution < -0.4 is 50.4 Å². The molecule has 4 fully saturated rings. The van der Waals surface area contributed by atoms with E-state index in [0.717, 1.165) is 155 Å². The zero-order valence-corrected chi connectivity index (χ0v) is 83.5. The van der Waals surface area contributed by atoms with Gasteiger partial charge in [-0.25, -0.2) is 0 Å². The first-order chi connectivity index (χ1) is 65.7. The van der Waals surface area contributed by atoms with E-state index < -0.39 is 217 Å². The fourth-order valence-electron chi connectivity index (χ4n) is 14.1. The van der Waals surface area contributed by atoms with Crippen LogP contribution in [0, 0.1) is 0 Å². The van der Waals surface area contributed by atoms with E-state index in [0.29, 0.717) is 38.9 Å². The van der Waals surface area contributed by atoms with Gasteiger partial charge in [0.2, 0.25) is 12.6 Å². The number of hydrogen-bond acceptors (Lipinski definition) is 47. The third-order valence-electron chi connectivity index (χ3n) is 22.0. The van der Waals surface area contributed by atoms with Crippen molar-refractivity contribution in [1.29, 1.82) is 0 Å². The summed E-state index contributed by atoms with van der Waals surface area (Å²) < 4.78 is 101. The van der Waals surface area contributed by atoms with Crippen molar-refractivity contribution in [3.63, 3.8) is 0 Å². The van der Waals surface area contributed by atoms with E-state index in [1.54, 1.807) is 55.4 Å². The van der Waals surface area contributed by atoms with Crippen LogP contribution >= 0.6 is 0 Å². The molecule has 0 aromatic rings. The molecule has 0 aromatic heterocycles. The van der Waals surface area contributed by atoms with Crippen molar-refractivity contribution < 1.29 is 186 Å². The normalized spacial score (nSPS) is 27.5. The maximum absolute atomic E-state index is 11.6. The number of hydrogen-bond donors (Lipinski definition) is 25. The van der Waals surface area contributed by atoms with Crippen molar-refractivity contribution in [3.05, 3.63) is 0 Å². The summed E-state index contributed by atoms with van der Waals surface area (Å²) in [6, 6.07) is -2.37. The van der Waals surface area contributed by atoms with Crippen LogP contribution in [0.5, 0.6) is 0 Å². The molecule has 32 atom stereocenters. The van der Waals surface area contributed by atoms with E-state index in [1.165, 1.54) is 0 Å². The highest BCUT2D eigenvalue weighted by atomic mass is 16.8. The standard InChI is InChI=1S/C43H95N7O7.C18H34O11.C18H30O11.C12H24N2O9.2CH4/c1-36(2)53-34-41(39(52)31-48-28-20-12-9-17-25-45)56-42(32-49-29-21-13-10-18-26-46)54-35-40(38(51)23-15-7-5-6-8-16-24-44)57-43(55-37(3)4)33-50-30-22-14-11-19-27-47;1-7(2)25-5-9-11(19)13(21)15(23)17(28-9)26-6-10-12(20)14(22)16(24)18(29-10)27-8(3)4;1-11(2)25-9-15(13(23)5-19)28-17(7-21)26-10-16(14(24)6-20)29-18(8-22)27-12(3)4;13-5-9(19)10(4(2-16)21-11(5)20)23-12-6(14)8(18)7(17)3(1-15)22-12;;/h36-43,48-52H,5-35,44-47H2,1-4H3;7-24H,5-6H2,1-4H3;5-8,11-18,23-24H,9-10H2,1-4H3;3-12,15-20H,1-2,13-14H2;2*1H4/t38-,39-,40+,41+,42-,43+;9-,10-,11-,12-,13+,14+,15-,16-,17+,18-;13-,14-,15+,16+,17-,18+;3-,4-,5-,6-,7-,8-,9-,10-,11-,12+;;/m0101../s1. The maximum atomic E-state index is 11.6. The Bertz CT molecular complexity index is 2910. The second-order valence-electron chi connectivity index (χ2n) is 36.3. The van der Waals surface area contributed by atoms with Crippen molar-refractivity contribution in [1.82, 2.24) is 16.0 Å². The molecule has 31 N–H and O–H groups in total. The molecule has 4 saturated heterocycles. The number of nitrogens with one attached hydrogen (secondary N) is 3. The monoisotopic (exact) mass is 2040 g/mol. The minimum absolute atomic E-state index is 0. The van der Waals surface area contributed by atoms with Gasteiger partial charge in [-0.15, -0.1) is 0 Å². The summed E-state index contributed by atoms with van der Waals surface area (Å²) in [4.78, 5) is 44.0.